The molecule has 0 aromatic heterocycles. The Morgan fingerprint density at radius 2 is 2.27 bits per heavy atom. The Kier molecular flexibility index (Phi) is 4.52. The predicted octanol–water partition coefficient (Wildman–Crippen LogP) is 1.53. The Balaban J connectivity index is 2.61. The van der Waals surface area contributed by atoms with Crippen molar-refractivity contribution in [3.63, 3.8) is 0 Å². The van der Waals surface area contributed by atoms with Crippen molar-refractivity contribution < 1.29 is 9.50 Å². The van der Waals surface area contributed by atoms with E-state index in [1.165, 1.54) is 6.07 Å². The molecule has 4 N–H and O–H groups in total. The van der Waals surface area contributed by atoms with Crippen LogP contribution in [-0.2, 0) is 0 Å². The molecule has 1 aromatic carbocycles. The number of hydrogen-bond acceptors (Lipinski definition) is 3. The van der Waals surface area contributed by atoms with Gasteiger partial charge in [-0.15, -0.1) is 0 Å². The van der Waals surface area contributed by atoms with Gasteiger partial charge in [-0.25, -0.2) is 4.39 Å². The van der Waals surface area contributed by atoms with Gasteiger partial charge >= 0.3 is 0 Å². The van der Waals surface area contributed by atoms with Gasteiger partial charge in [0.2, 0.25) is 0 Å². The van der Waals surface area contributed by atoms with Crippen molar-refractivity contribution in [2.75, 3.05) is 13.1 Å². The monoisotopic (exact) mass is 212 g/mol. The van der Waals surface area contributed by atoms with Crippen molar-refractivity contribution >= 4 is 0 Å². The first-order chi connectivity index (χ1) is 7.15. The molecular formula is C11H17FN2O. The standard InChI is InChI=1S/C11H17FN2O/c1-8(14-6-2-5-13)10-4-3-9(12)7-11(10)15/h3-4,7-8,14-15H,2,5-6,13H2,1H3. The minimum Gasteiger partial charge on any atom is -0.508 e. The van der Waals surface area contributed by atoms with E-state index in [1.807, 2.05) is 6.92 Å². The molecule has 0 radical (unpaired) electrons. The lowest BCUT2D eigenvalue weighted by Crippen LogP contribution is -2.21. The maximum atomic E-state index is 12.7. The van der Waals surface area contributed by atoms with Crippen molar-refractivity contribution in [3.8, 4) is 5.75 Å². The van der Waals surface area contributed by atoms with Gasteiger partial charge in [0.1, 0.15) is 11.6 Å². The molecule has 15 heavy (non-hydrogen) atoms. The molecule has 3 nitrogen and oxygen atoms in total. The summed E-state index contributed by atoms with van der Waals surface area (Å²) in [6.07, 6.45) is 0.881. The summed E-state index contributed by atoms with van der Waals surface area (Å²) < 4.78 is 12.7. The molecule has 4 heteroatoms. The summed E-state index contributed by atoms with van der Waals surface area (Å²) in [6, 6.07) is 4.05. The van der Waals surface area contributed by atoms with Crippen molar-refractivity contribution in [2.45, 2.75) is 19.4 Å². The average molecular weight is 212 g/mol. The first-order valence-corrected chi connectivity index (χ1v) is 5.07. The van der Waals surface area contributed by atoms with Gasteiger partial charge in [-0.3, -0.25) is 0 Å². The zero-order valence-electron chi connectivity index (χ0n) is 8.83. The highest BCUT2D eigenvalue weighted by atomic mass is 19.1. The second-order valence-corrected chi connectivity index (χ2v) is 3.52. The number of halogens is 1. The van der Waals surface area contributed by atoms with E-state index in [-0.39, 0.29) is 11.8 Å². The quantitative estimate of drug-likeness (QED) is 0.649. The molecule has 1 unspecified atom stereocenters. The second-order valence-electron chi connectivity index (χ2n) is 3.52. The summed E-state index contributed by atoms with van der Waals surface area (Å²) in [5.41, 5.74) is 6.07. The third kappa shape index (κ3) is 3.49. The number of phenols is 1. The first kappa shape index (κ1) is 11.9. The summed E-state index contributed by atoms with van der Waals surface area (Å²) in [6.45, 7) is 3.34. The van der Waals surface area contributed by atoms with Gasteiger partial charge in [0, 0.05) is 17.7 Å². The maximum Gasteiger partial charge on any atom is 0.126 e. The summed E-state index contributed by atoms with van der Waals surface area (Å²) in [5.74, 6) is -0.437. The molecule has 0 aliphatic carbocycles. The molecule has 0 fully saturated rings. The van der Waals surface area contributed by atoms with Gasteiger partial charge in [0.15, 0.2) is 0 Å². The third-order valence-electron chi connectivity index (χ3n) is 2.29. The third-order valence-corrected chi connectivity index (χ3v) is 2.29. The van der Waals surface area contributed by atoms with Crippen LogP contribution in [0.2, 0.25) is 0 Å². The molecule has 1 rings (SSSR count). The number of phenolic OH excluding ortho intramolecular Hbond substituents is 1. The zero-order valence-corrected chi connectivity index (χ0v) is 8.83. The Labute approximate surface area is 89.1 Å². The number of nitrogens with one attached hydrogen (secondary N) is 1. The summed E-state index contributed by atoms with van der Waals surface area (Å²) in [4.78, 5) is 0. The predicted molar refractivity (Wildman–Crippen MR) is 58.2 cm³/mol. The van der Waals surface area contributed by atoms with E-state index in [1.54, 1.807) is 6.07 Å². The molecule has 0 aliphatic rings. The van der Waals surface area contributed by atoms with Crippen molar-refractivity contribution in [2.24, 2.45) is 5.73 Å². The molecule has 84 valence electrons. The van der Waals surface area contributed by atoms with Crippen LogP contribution in [0.3, 0.4) is 0 Å². The highest BCUT2D eigenvalue weighted by molar-refractivity contribution is 5.34. The molecule has 0 spiro atoms. The average Bonchev–Trinajstić information content (AvgIpc) is 2.17. The lowest BCUT2D eigenvalue weighted by molar-refractivity contribution is 0.446. The highest BCUT2D eigenvalue weighted by Crippen LogP contribution is 2.24. The highest BCUT2D eigenvalue weighted by Gasteiger charge is 2.09. The number of aromatic hydroxyl groups is 1. The molecular weight excluding hydrogens is 195 g/mol. The lowest BCUT2D eigenvalue weighted by atomic mass is 10.1. The van der Waals surface area contributed by atoms with Crippen LogP contribution in [0.15, 0.2) is 18.2 Å². The maximum absolute atomic E-state index is 12.7. The second kappa shape index (κ2) is 5.68. The topological polar surface area (TPSA) is 58.3 Å². The van der Waals surface area contributed by atoms with Gasteiger partial charge < -0.3 is 16.2 Å². The van der Waals surface area contributed by atoms with Crippen molar-refractivity contribution in [3.05, 3.63) is 29.6 Å². The fraction of sp³-hybridized carbons (Fsp3) is 0.455. The van der Waals surface area contributed by atoms with Crippen LogP contribution in [0.5, 0.6) is 5.75 Å². The van der Waals surface area contributed by atoms with Crippen LogP contribution in [0.1, 0.15) is 24.9 Å². The Morgan fingerprint density at radius 1 is 1.53 bits per heavy atom. The lowest BCUT2D eigenvalue weighted by Gasteiger charge is -2.15. The van der Waals surface area contributed by atoms with Crippen LogP contribution >= 0.6 is 0 Å². The van der Waals surface area contributed by atoms with Gasteiger partial charge in [0.25, 0.3) is 0 Å². The Bertz CT molecular complexity index is 317. The van der Waals surface area contributed by atoms with E-state index < -0.39 is 5.82 Å². The summed E-state index contributed by atoms with van der Waals surface area (Å²) in [7, 11) is 0. The smallest absolute Gasteiger partial charge is 0.126 e. The fourth-order valence-corrected chi connectivity index (χ4v) is 1.41. The van der Waals surface area contributed by atoms with E-state index >= 15 is 0 Å². The van der Waals surface area contributed by atoms with Crippen LogP contribution in [0, 0.1) is 5.82 Å². The molecule has 1 atom stereocenters. The van der Waals surface area contributed by atoms with E-state index in [0.717, 1.165) is 19.0 Å². The SMILES string of the molecule is CC(NCCCN)c1ccc(F)cc1O. The largest absolute Gasteiger partial charge is 0.508 e. The van der Waals surface area contributed by atoms with E-state index in [4.69, 9.17) is 5.73 Å². The molecule has 0 saturated carbocycles. The van der Waals surface area contributed by atoms with E-state index in [0.29, 0.717) is 12.1 Å². The molecule has 0 aliphatic heterocycles. The minimum absolute atomic E-state index is 0.00264. The van der Waals surface area contributed by atoms with Crippen LogP contribution in [0.25, 0.3) is 0 Å². The van der Waals surface area contributed by atoms with Crippen LogP contribution in [-0.4, -0.2) is 18.2 Å². The Morgan fingerprint density at radius 3 is 2.87 bits per heavy atom. The van der Waals surface area contributed by atoms with Crippen LogP contribution in [0.4, 0.5) is 4.39 Å². The van der Waals surface area contributed by atoms with Crippen LogP contribution < -0.4 is 11.1 Å². The fourth-order valence-electron chi connectivity index (χ4n) is 1.41. The number of hydrogen-bond donors (Lipinski definition) is 3. The minimum atomic E-state index is -0.426. The number of nitrogens with two attached hydrogens (primary N) is 1. The van der Waals surface area contributed by atoms with Gasteiger partial charge in [-0.05, 0) is 32.5 Å². The molecule has 1 aromatic rings. The van der Waals surface area contributed by atoms with Gasteiger partial charge in [-0.1, -0.05) is 6.07 Å². The molecule has 0 amide bonds. The molecule has 0 heterocycles. The number of rotatable bonds is 5. The molecule has 0 saturated heterocycles. The van der Waals surface area contributed by atoms with E-state index in [9.17, 15) is 9.50 Å². The summed E-state index contributed by atoms with van der Waals surface area (Å²) in [5, 5.41) is 12.7. The number of benzene rings is 1. The van der Waals surface area contributed by atoms with E-state index in [2.05, 4.69) is 5.32 Å². The van der Waals surface area contributed by atoms with Gasteiger partial charge in [-0.2, -0.15) is 0 Å². The normalized spacial score (nSPS) is 12.7. The summed E-state index contributed by atoms with van der Waals surface area (Å²) >= 11 is 0. The van der Waals surface area contributed by atoms with Crippen molar-refractivity contribution in [1.82, 2.24) is 5.32 Å². The Hall–Kier alpha value is -1.13. The zero-order chi connectivity index (χ0) is 11.3. The van der Waals surface area contributed by atoms with Gasteiger partial charge in [0.05, 0.1) is 0 Å². The molecule has 0 bridgehead atoms. The van der Waals surface area contributed by atoms with Crippen molar-refractivity contribution in [1.29, 1.82) is 0 Å². The first-order valence-electron chi connectivity index (χ1n) is 5.07.